The van der Waals surface area contributed by atoms with Crippen molar-refractivity contribution in [2.24, 2.45) is 0 Å². The van der Waals surface area contributed by atoms with Gasteiger partial charge in [0, 0.05) is 0 Å². The van der Waals surface area contributed by atoms with Crippen molar-refractivity contribution < 1.29 is 4.74 Å². The predicted molar refractivity (Wildman–Crippen MR) is 85.1 cm³/mol. The lowest BCUT2D eigenvalue weighted by atomic mass is 9.95. The average Bonchev–Trinajstić information content (AvgIpc) is 2.45. The van der Waals surface area contributed by atoms with E-state index < -0.39 is 0 Å². The Morgan fingerprint density at radius 3 is 2.45 bits per heavy atom. The van der Waals surface area contributed by atoms with Crippen LogP contribution in [-0.4, -0.2) is 14.2 Å². The van der Waals surface area contributed by atoms with E-state index in [1.807, 2.05) is 37.4 Å². The summed E-state index contributed by atoms with van der Waals surface area (Å²) < 4.78 is 5.24. The Bertz CT molecular complexity index is 613. The van der Waals surface area contributed by atoms with Crippen molar-refractivity contribution in [1.29, 1.82) is 0 Å². The number of aryl methyl sites for hydroxylation is 1. The van der Waals surface area contributed by atoms with Gasteiger partial charge in [0.15, 0.2) is 0 Å². The molecule has 0 aliphatic rings. The molecule has 1 atom stereocenters. The fourth-order valence-corrected chi connectivity index (χ4v) is 2.74. The van der Waals surface area contributed by atoms with Crippen LogP contribution in [-0.2, 0) is 0 Å². The van der Waals surface area contributed by atoms with Gasteiger partial charge in [0.2, 0.25) is 0 Å². The molecule has 0 aromatic heterocycles. The SMILES string of the molecule is CNC(c1ccc(OC)cc1C)c1cccc(Cl)c1Cl. The lowest BCUT2D eigenvalue weighted by Crippen LogP contribution is -2.19. The molecule has 0 heterocycles. The van der Waals surface area contributed by atoms with Gasteiger partial charge in [-0.15, -0.1) is 0 Å². The summed E-state index contributed by atoms with van der Waals surface area (Å²) in [4.78, 5) is 0. The molecule has 0 bridgehead atoms. The number of rotatable bonds is 4. The van der Waals surface area contributed by atoms with Gasteiger partial charge in [0.05, 0.1) is 23.2 Å². The molecule has 0 saturated carbocycles. The molecule has 0 radical (unpaired) electrons. The molecule has 2 aromatic rings. The summed E-state index contributed by atoms with van der Waals surface area (Å²) in [6, 6.07) is 11.7. The van der Waals surface area contributed by atoms with E-state index >= 15 is 0 Å². The molecule has 0 aliphatic carbocycles. The van der Waals surface area contributed by atoms with Crippen LogP contribution in [0.25, 0.3) is 0 Å². The third-order valence-electron chi connectivity index (χ3n) is 3.37. The highest BCUT2D eigenvalue weighted by Gasteiger charge is 2.18. The normalized spacial score (nSPS) is 12.2. The van der Waals surface area contributed by atoms with Gasteiger partial charge in [-0.3, -0.25) is 0 Å². The Morgan fingerprint density at radius 1 is 1.10 bits per heavy atom. The lowest BCUT2D eigenvalue weighted by Gasteiger charge is -2.21. The first-order valence-electron chi connectivity index (χ1n) is 6.34. The molecule has 0 saturated heterocycles. The van der Waals surface area contributed by atoms with Gasteiger partial charge < -0.3 is 10.1 Å². The van der Waals surface area contributed by atoms with Crippen molar-refractivity contribution in [2.75, 3.05) is 14.2 Å². The van der Waals surface area contributed by atoms with E-state index in [1.54, 1.807) is 13.2 Å². The molecular weight excluding hydrogens is 293 g/mol. The van der Waals surface area contributed by atoms with E-state index in [4.69, 9.17) is 27.9 Å². The van der Waals surface area contributed by atoms with Crippen LogP contribution in [0.3, 0.4) is 0 Å². The number of nitrogens with one attached hydrogen (secondary N) is 1. The fourth-order valence-electron chi connectivity index (χ4n) is 2.32. The van der Waals surface area contributed by atoms with Gasteiger partial charge in [-0.25, -0.2) is 0 Å². The van der Waals surface area contributed by atoms with Gasteiger partial charge in [-0.2, -0.15) is 0 Å². The van der Waals surface area contributed by atoms with Crippen LogP contribution in [0.15, 0.2) is 36.4 Å². The lowest BCUT2D eigenvalue weighted by molar-refractivity contribution is 0.414. The molecule has 4 heteroatoms. The maximum Gasteiger partial charge on any atom is 0.119 e. The number of ether oxygens (including phenoxy) is 1. The van der Waals surface area contributed by atoms with Gasteiger partial charge in [0.1, 0.15) is 5.75 Å². The Kier molecular flexibility index (Phi) is 4.92. The van der Waals surface area contributed by atoms with Gasteiger partial charge in [0.25, 0.3) is 0 Å². The molecule has 1 N–H and O–H groups in total. The molecule has 0 spiro atoms. The molecule has 2 rings (SSSR count). The first-order valence-corrected chi connectivity index (χ1v) is 7.09. The van der Waals surface area contributed by atoms with E-state index in [1.165, 1.54) is 0 Å². The molecule has 0 amide bonds. The van der Waals surface area contributed by atoms with Gasteiger partial charge in [-0.05, 0) is 48.9 Å². The van der Waals surface area contributed by atoms with Gasteiger partial charge in [-0.1, -0.05) is 41.4 Å². The van der Waals surface area contributed by atoms with Crippen molar-refractivity contribution in [3.05, 3.63) is 63.1 Å². The predicted octanol–water partition coefficient (Wildman–Crippen LogP) is 4.62. The zero-order chi connectivity index (χ0) is 14.7. The van der Waals surface area contributed by atoms with Crippen molar-refractivity contribution in [3.63, 3.8) is 0 Å². The summed E-state index contributed by atoms with van der Waals surface area (Å²) in [5.41, 5.74) is 3.26. The molecule has 20 heavy (non-hydrogen) atoms. The second kappa shape index (κ2) is 6.49. The highest BCUT2D eigenvalue weighted by atomic mass is 35.5. The fraction of sp³-hybridized carbons (Fsp3) is 0.250. The summed E-state index contributed by atoms with van der Waals surface area (Å²) in [7, 11) is 3.57. The van der Waals surface area contributed by atoms with Crippen molar-refractivity contribution in [1.82, 2.24) is 5.32 Å². The minimum absolute atomic E-state index is 0.00731. The standard InChI is InChI=1S/C16H17Cl2NO/c1-10-9-11(20-3)7-8-12(10)16(19-2)13-5-4-6-14(17)15(13)18/h4-9,16,19H,1-3H3. The number of hydrogen-bond donors (Lipinski definition) is 1. The van der Waals surface area contributed by atoms with Crippen molar-refractivity contribution in [2.45, 2.75) is 13.0 Å². The van der Waals surface area contributed by atoms with Gasteiger partial charge >= 0.3 is 0 Å². The van der Waals surface area contributed by atoms with E-state index in [0.717, 1.165) is 22.4 Å². The van der Waals surface area contributed by atoms with Crippen molar-refractivity contribution >= 4 is 23.2 Å². The average molecular weight is 310 g/mol. The molecule has 2 aromatic carbocycles. The monoisotopic (exact) mass is 309 g/mol. The Hall–Kier alpha value is -1.22. The summed E-state index contributed by atoms with van der Waals surface area (Å²) >= 11 is 12.4. The minimum atomic E-state index is -0.00731. The number of halogens is 2. The van der Waals surface area contributed by atoms with Crippen LogP contribution in [0.4, 0.5) is 0 Å². The molecule has 0 aliphatic heterocycles. The van der Waals surface area contributed by atoms with Crippen LogP contribution in [0, 0.1) is 6.92 Å². The maximum absolute atomic E-state index is 6.33. The second-order valence-electron chi connectivity index (χ2n) is 4.59. The quantitative estimate of drug-likeness (QED) is 0.890. The van der Waals surface area contributed by atoms with E-state index in [2.05, 4.69) is 12.2 Å². The highest BCUT2D eigenvalue weighted by molar-refractivity contribution is 6.42. The highest BCUT2D eigenvalue weighted by Crippen LogP contribution is 2.34. The summed E-state index contributed by atoms with van der Waals surface area (Å²) in [5.74, 6) is 0.846. The largest absolute Gasteiger partial charge is 0.497 e. The van der Waals surface area contributed by atoms with Crippen LogP contribution in [0.5, 0.6) is 5.75 Å². The zero-order valence-electron chi connectivity index (χ0n) is 11.7. The van der Waals surface area contributed by atoms with Crippen LogP contribution in [0.2, 0.25) is 10.0 Å². The van der Waals surface area contributed by atoms with E-state index in [-0.39, 0.29) is 6.04 Å². The smallest absolute Gasteiger partial charge is 0.119 e. The Balaban J connectivity index is 2.50. The van der Waals surface area contributed by atoms with Crippen molar-refractivity contribution in [3.8, 4) is 5.75 Å². The summed E-state index contributed by atoms with van der Waals surface area (Å²) in [5, 5.41) is 4.45. The third kappa shape index (κ3) is 2.93. The van der Waals surface area contributed by atoms with E-state index in [9.17, 15) is 0 Å². The summed E-state index contributed by atoms with van der Waals surface area (Å²) in [6.45, 7) is 2.06. The van der Waals surface area contributed by atoms with Crippen LogP contribution >= 0.6 is 23.2 Å². The first kappa shape index (κ1) is 15.2. The Morgan fingerprint density at radius 2 is 1.85 bits per heavy atom. The molecule has 2 nitrogen and oxygen atoms in total. The molecule has 0 fully saturated rings. The number of hydrogen-bond acceptors (Lipinski definition) is 2. The van der Waals surface area contributed by atoms with Crippen LogP contribution in [0.1, 0.15) is 22.7 Å². The second-order valence-corrected chi connectivity index (χ2v) is 5.37. The Labute approximate surface area is 129 Å². The molecule has 1 unspecified atom stereocenters. The molecular formula is C16H17Cl2NO. The summed E-state index contributed by atoms with van der Waals surface area (Å²) in [6.07, 6.45) is 0. The zero-order valence-corrected chi connectivity index (χ0v) is 13.2. The molecule has 106 valence electrons. The topological polar surface area (TPSA) is 21.3 Å². The van der Waals surface area contributed by atoms with E-state index in [0.29, 0.717) is 10.0 Å². The first-order chi connectivity index (χ1) is 9.58. The minimum Gasteiger partial charge on any atom is -0.497 e. The third-order valence-corrected chi connectivity index (χ3v) is 4.20. The van der Waals surface area contributed by atoms with Crippen LogP contribution < -0.4 is 10.1 Å². The number of benzene rings is 2. The number of methoxy groups -OCH3 is 1. The maximum atomic E-state index is 6.33.